The minimum absolute atomic E-state index is 0.0448. The monoisotopic (exact) mass is 350 g/mol. The van der Waals surface area contributed by atoms with Crippen LogP contribution in [0.5, 0.6) is 0 Å². The summed E-state index contributed by atoms with van der Waals surface area (Å²) in [6.45, 7) is 6.85. The lowest BCUT2D eigenvalue weighted by Gasteiger charge is -2.32. The Morgan fingerprint density at radius 3 is 2.54 bits per heavy atom. The van der Waals surface area contributed by atoms with Crippen LogP contribution in [0, 0.1) is 0 Å². The Kier molecular flexibility index (Phi) is 3.86. The van der Waals surface area contributed by atoms with Gasteiger partial charge in [0.2, 0.25) is 5.91 Å². The molecule has 1 amide bonds. The first-order chi connectivity index (χ1) is 12.4. The van der Waals surface area contributed by atoms with Gasteiger partial charge in [0.25, 0.3) is 0 Å². The highest BCUT2D eigenvalue weighted by Gasteiger charge is 2.36. The maximum absolute atomic E-state index is 12.3. The van der Waals surface area contributed by atoms with Gasteiger partial charge in [0.15, 0.2) is 11.5 Å². The molecule has 1 fully saturated rings. The second kappa shape index (κ2) is 6.09. The maximum Gasteiger partial charge on any atom is 0.225 e. The standard InChI is InChI=1S/C19H22N6O/c1-19(2,3)24-12-14(11-17(24)26)20-15-9-10-16-21-22-18(25(16)23-15)13-7-5-4-6-8-13/h4-10,14H,11-12H2,1-3H3,(H,20,23). The number of rotatable bonds is 3. The Balaban J connectivity index is 1.60. The second-order valence-electron chi connectivity index (χ2n) is 7.60. The molecule has 1 atom stereocenters. The molecule has 0 saturated carbocycles. The number of aromatic nitrogens is 4. The quantitative estimate of drug-likeness (QED) is 0.786. The Labute approximate surface area is 152 Å². The Morgan fingerprint density at radius 1 is 1.08 bits per heavy atom. The highest BCUT2D eigenvalue weighted by Crippen LogP contribution is 2.24. The first kappa shape index (κ1) is 16.5. The van der Waals surface area contributed by atoms with Gasteiger partial charge in [0.1, 0.15) is 5.82 Å². The fourth-order valence-corrected chi connectivity index (χ4v) is 3.29. The predicted octanol–water partition coefficient (Wildman–Crippen LogP) is 2.60. The summed E-state index contributed by atoms with van der Waals surface area (Å²) in [5.74, 6) is 1.58. The normalized spacial score (nSPS) is 17.9. The number of hydrogen-bond donors (Lipinski definition) is 1. The number of likely N-dealkylation sites (tertiary alicyclic amines) is 1. The molecule has 0 spiro atoms. The lowest BCUT2D eigenvalue weighted by atomic mass is 10.1. The van der Waals surface area contributed by atoms with E-state index < -0.39 is 0 Å². The van der Waals surface area contributed by atoms with Gasteiger partial charge in [-0.1, -0.05) is 30.3 Å². The molecule has 1 aromatic carbocycles. The summed E-state index contributed by atoms with van der Waals surface area (Å²) in [5.41, 5.74) is 1.48. The van der Waals surface area contributed by atoms with Gasteiger partial charge in [-0.05, 0) is 32.9 Å². The fourth-order valence-electron chi connectivity index (χ4n) is 3.29. The number of benzene rings is 1. The molecule has 0 aliphatic carbocycles. The van der Waals surface area contributed by atoms with Crippen molar-refractivity contribution < 1.29 is 4.79 Å². The molecule has 4 rings (SSSR count). The molecule has 1 unspecified atom stereocenters. The Morgan fingerprint density at radius 2 is 1.85 bits per heavy atom. The summed E-state index contributed by atoms with van der Waals surface area (Å²) in [6.07, 6.45) is 0.477. The second-order valence-corrected chi connectivity index (χ2v) is 7.60. The summed E-state index contributed by atoms with van der Waals surface area (Å²) in [4.78, 5) is 14.2. The van der Waals surface area contributed by atoms with Crippen LogP contribution in [0.15, 0.2) is 42.5 Å². The van der Waals surface area contributed by atoms with E-state index in [4.69, 9.17) is 0 Å². The van der Waals surface area contributed by atoms with Crippen molar-refractivity contribution >= 4 is 17.4 Å². The average molecular weight is 350 g/mol. The van der Waals surface area contributed by atoms with Crippen molar-refractivity contribution in [3.05, 3.63) is 42.5 Å². The summed E-state index contributed by atoms with van der Waals surface area (Å²) < 4.78 is 1.73. The molecule has 3 aromatic rings. The number of hydrogen-bond acceptors (Lipinski definition) is 5. The Bertz CT molecular complexity index is 944. The third-order valence-electron chi connectivity index (χ3n) is 4.58. The van der Waals surface area contributed by atoms with E-state index in [1.54, 1.807) is 4.52 Å². The molecule has 3 heterocycles. The zero-order chi connectivity index (χ0) is 18.3. The number of carbonyl (C=O) groups is 1. The van der Waals surface area contributed by atoms with Crippen molar-refractivity contribution in [3.8, 4) is 11.4 Å². The molecule has 7 nitrogen and oxygen atoms in total. The maximum atomic E-state index is 12.3. The molecule has 1 aliphatic rings. The van der Waals surface area contributed by atoms with E-state index in [0.717, 1.165) is 5.56 Å². The van der Waals surface area contributed by atoms with Gasteiger partial charge in [-0.25, -0.2) is 0 Å². The van der Waals surface area contributed by atoms with Crippen LogP contribution >= 0.6 is 0 Å². The van der Waals surface area contributed by atoms with Crippen LogP contribution in [0.2, 0.25) is 0 Å². The minimum atomic E-state index is -0.167. The lowest BCUT2D eigenvalue weighted by Crippen LogP contribution is -2.43. The molecule has 1 saturated heterocycles. The highest BCUT2D eigenvalue weighted by molar-refractivity contribution is 5.80. The van der Waals surface area contributed by atoms with Crippen molar-refractivity contribution in [2.45, 2.75) is 38.8 Å². The molecule has 1 aliphatic heterocycles. The van der Waals surface area contributed by atoms with Crippen molar-refractivity contribution in [1.29, 1.82) is 0 Å². The summed E-state index contributed by atoms with van der Waals surface area (Å²) in [7, 11) is 0. The molecule has 0 radical (unpaired) electrons. The summed E-state index contributed by atoms with van der Waals surface area (Å²) in [5, 5.41) is 16.5. The molecule has 2 aromatic heterocycles. The van der Waals surface area contributed by atoms with Gasteiger partial charge >= 0.3 is 0 Å². The molecule has 26 heavy (non-hydrogen) atoms. The van der Waals surface area contributed by atoms with E-state index in [1.807, 2.05) is 47.4 Å². The van der Waals surface area contributed by atoms with Gasteiger partial charge in [-0.3, -0.25) is 4.79 Å². The number of anilines is 1. The van der Waals surface area contributed by atoms with E-state index in [1.165, 1.54) is 0 Å². The average Bonchev–Trinajstić information content (AvgIpc) is 3.18. The fraction of sp³-hybridized carbons (Fsp3) is 0.368. The topological polar surface area (TPSA) is 75.4 Å². The SMILES string of the molecule is CC(C)(C)N1CC(Nc2ccc3nnc(-c4ccccc4)n3n2)CC1=O. The van der Waals surface area contributed by atoms with Gasteiger partial charge < -0.3 is 10.2 Å². The third-order valence-corrected chi connectivity index (χ3v) is 4.58. The number of nitrogens with one attached hydrogen (secondary N) is 1. The van der Waals surface area contributed by atoms with E-state index in [9.17, 15) is 4.79 Å². The van der Waals surface area contributed by atoms with Crippen molar-refractivity contribution in [2.75, 3.05) is 11.9 Å². The molecule has 0 bridgehead atoms. The summed E-state index contributed by atoms with van der Waals surface area (Å²) in [6, 6.07) is 13.7. The van der Waals surface area contributed by atoms with Crippen LogP contribution in [-0.2, 0) is 4.79 Å². The first-order valence-corrected chi connectivity index (χ1v) is 8.77. The summed E-state index contributed by atoms with van der Waals surface area (Å²) >= 11 is 0. The van der Waals surface area contributed by atoms with Crippen LogP contribution in [0.25, 0.3) is 17.0 Å². The van der Waals surface area contributed by atoms with Crippen LogP contribution < -0.4 is 5.32 Å². The number of nitrogens with zero attached hydrogens (tertiary/aromatic N) is 5. The molecule has 7 heteroatoms. The van der Waals surface area contributed by atoms with Crippen LogP contribution in [0.1, 0.15) is 27.2 Å². The van der Waals surface area contributed by atoms with E-state index in [0.29, 0.717) is 30.3 Å². The van der Waals surface area contributed by atoms with Crippen LogP contribution in [-0.4, -0.2) is 48.7 Å². The third kappa shape index (κ3) is 3.00. The van der Waals surface area contributed by atoms with Gasteiger partial charge in [-0.2, -0.15) is 4.52 Å². The molecule has 134 valence electrons. The predicted molar refractivity (Wildman–Crippen MR) is 99.7 cm³/mol. The molecule has 1 N–H and O–H groups in total. The smallest absolute Gasteiger partial charge is 0.225 e. The first-order valence-electron chi connectivity index (χ1n) is 8.77. The number of carbonyl (C=O) groups excluding carboxylic acids is 1. The van der Waals surface area contributed by atoms with Crippen LogP contribution in [0.3, 0.4) is 0 Å². The zero-order valence-corrected chi connectivity index (χ0v) is 15.2. The highest BCUT2D eigenvalue weighted by atomic mass is 16.2. The zero-order valence-electron chi connectivity index (χ0n) is 15.2. The van der Waals surface area contributed by atoms with Crippen molar-refractivity contribution in [1.82, 2.24) is 24.7 Å². The Hall–Kier alpha value is -2.96. The van der Waals surface area contributed by atoms with E-state index >= 15 is 0 Å². The van der Waals surface area contributed by atoms with Gasteiger partial charge in [0.05, 0.1) is 6.04 Å². The molecular formula is C19H22N6O. The van der Waals surface area contributed by atoms with Gasteiger partial charge in [-0.15, -0.1) is 15.3 Å². The van der Waals surface area contributed by atoms with E-state index in [2.05, 4.69) is 41.4 Å². The van der Waals surface area contributed by atoms with Crippen molar-refractivity contribution in [3.63, 3.8) is 0 Å². The largest absolute Gasteiger partial charge is 0.364 e. The molecular weight excluding hydrogens is 328 g/mol. The lowest BCUT2D eigenvalue weighted by molar-refractivity contribution is -0.131. The number of amides is 1. The van der Waals surface area contributed by atoms with E-state index in [-0.39, 0.29) is 17.5 Å². The van der Waals surface area contributed by atoms with Crippen LogP contribution in [0.4, 0.5) is 5.82 Å². The minimum Gasteiger partial charge on any atom is -0.364 e. The van der Waals surface area contributed by atoms with Crippen molar-refractivity contribution in [2.24, 2.45) is 0 Å². The number of fused-ring (bicyclic) bond motifs is 1. The van der Waals surface area contributed by atoms with Gasteiger partial charge in [0, 0.05) is 24.1 Å².